The zero-order chi connectivity index (χ0) is 44.4. The molecule has 3 aromatic rings. The van der Waals surface area contributed by atoms with Gasteiger partial charge in [-0.1, -0.05) is 57.7 Å². The molecule has 13 nitrogen and oxygen atoms in total. The first-order valence-electron chi connectivity index (χ1n) is 21.9. The Labute approximate surface area is 367 Å². The van der Waals surface area contributed by atoms with Gasteiger partial charge in [-0.05, 0) is 91.8 Å². The van der Waals surface area contributed by atoms with Crippen LogP contribution in [0.25, 0.3) is 0 Å². The minimum Gasteiger partial charge on any atom is -0.493 e. The summed E-state index contributed by atoms with van der Waals surface area (Å²) in [5.41, 5.74) is 10.6. The van der Waals surface area contributed by atoms with E-state index in [2.05, 4.69) is 52.6 Å². The maximum absolute atomic E-state index is 14.3. The molecular formula is C48H64N4O9Si. The standard InChI is InChI=1S/C48H64N4O9Si/c1-9-19-60-46(55)51-29-35-27-48(17-18-48)31-52(35)45(54)37-24-41(57-6)43(26-39(37)51)59-21-14-10-13-20-58-42-25-38(49)36(23-40(42)56-5)44(53)50-28-33-16-12-11-15-32(33)22-34(50)30-61-62(7,8)47(2,3)4/h9,11-12,15-16,23-26,34-35H,1,10,13-14,17-22,27-31,49H2,2-8H3/t34-,35-/m0/s1. The van der Waals surface area contributed by atoms with E-state index in [0.29, 0.717) is 104 Å². The summed E-state index contributed by atoms with van der Waals surface area (Å²) >= 11 is 0. The molecular weight excluding hydrogens is 805 g/mol. The highest BCUT2D eigenvalue weighted by molar-refractivity contribution is 6.74. The summed E-state index contributed by atoms with van der Waals surface area (Å²) in [7, 11) is 1.03. The predicted octanol–water partition coefficient (Wildman–Crippen LogP) is 8.64. The van der Waals surface area contributed by atoms with Crippen LogP contribution < -0.4 is 29.6 Å². The molecule has 0 radical (unpaired) electrons. The highest BCUT2D eigenvalue weighted by Gasteiger charge is 2.55. The van der Waals surface area contributed by atoms with Crippen molar-refractivity contribution in [3.8, 4) is 23.0 Å². The van der Waals surface area contributed by atoms with Gasteiger partial charge >= 0.3 is 6.09 Å². The number of nitrogen functional groups attached to an aromatic ring is 1. The van der Waals surface area contributed by atoms with Gasteiger partial charge in [0.2, 0.25) is 0 Å². The van der Waals surface area contributed by atoms with E-state index in [1.807, 2.05) is 21.9 Å². The van der Waals surface area contributed by atoms with Gasteiger partial charge in [0, 0.05) is 37.5 Å². The van der Waals surface area contributed by atoms with Crippen molar-refractivity contribution in [1.29, 1.82) is 0 Å². The van der Waals surface area contributed by atoms with E-state index in [9.17, 15) is 14.4 Å². The average Bonchev–Trinajstić information content (AvgIpc) is 3.93. The summed E-state index contributed by atoms with van der Waals surface area (Å²) in [6.07, 6.45) is 6.98. The van der Waals surface area contributed by atoms with Crippen molar-refractivity contribution in [2.45, 2.75) is 102 Å². The highest BCUT2D eigenvalue weighted by atomic mass is 28.4. The quantitative estimate of drug-likeness (QED) is 0.0644. The molecule has 2 N–H and O–H groups in total. The van der Waals surface area contributed by atoms with E-state index in [1.165, 1.54) is 11.6 Å². The fourth-order valence-electron chi connectivity index (χ4n) is 8.59. The highest BCUT2D eigenvalue weighted by Crippen LogP contribution is 2.56. The Hall–Kier alpha value is -5.21. The van der Waals surface area contributed by atoms with Gasteiger partial charge in [0.05, 0.1) is 62.9 Å². The minimum absolute atomic E-state index is 0.0426. The molecule has 3 aliphatic heterocycles. The summed E-state index contributed by atoms with van der Waals surface area (Å²) in [5.74, 6) is 1.48. The van der Waals surface area contributed by atoms with Crippen molar-refractivity contribution < 1.29 is 42.5 Å². The van der Waals surface area contributed by atoms with Crippen LogP contribution in [0.2, 0.25) is 18.1 Å². The number of hydrogen-bond donors (Lipinski definition) is 1. The zero-order valence-electron chi connectivity index (χ0n) is 37.6. The number of carbonyl (C=O) groups is 3. The molecule has 7 rings (SSSR count). The van der Waals surface area contributed by atoms with E-state index < -0.39 is 14.4 Å². The lowest BCUT2D eigenvalue weighted by atomic mass is 9.93. The third kappa shape index (κ3) is 9.41. The maximum atomic E-state index is 14.3. The predicted molar refractivity (Wildman–Crippen MR) is 242 cm³/mol. The summed E-state index contributed by atoms with van der Waals surface area (Å²) < 4.78 is 36.0. The van der Waals surface area contributed by atoms with Crippen molar-refractivity contribution >= 4 is 37.6 Å². The number of rotatable bonds is 16. The largest absolute Gasteiger partial charge is 0.493 e. The number of hydrogen-bond acceptors (Lipinski definition) is 10. The number of amides is 3. The van der Waals surface area contributed by atoms with Crippen LogP contribution in [0.5, 0.6) is 23.0 Å². The summed E-state index contributed by atoms with van der Waals surface area (Å²) in [6, 6.07) is 14.8. The Morgan fingerprint density at radius 1 is 0.935 bits per heavy atom. The second-order valence-electron chi connectivity index (χ2n) is 18.8. The number of ether oxygens (including phenoxy) is 5. The topological polar surface area (TPSA) is 142 Å². The van der Waals surface area contributed by atoms with Crippen LogP contribution in [0.3, 0.4) is 0 Å². The Morgan fingerprint density at radius 2 is 1.60 bits per heavy atom. The molecule has 1 saturated heterocycles. The van der Waals surface area contributed by atoms with Crippen LogP contribution >= 0.6 is 0 Å². The molecule has 1 spiro atoms. The smallest absolute Gasteiger partial charge is 0.414 e. The molecule has 4 aliphatic rings. The lowest BCUT2D eigenvalue weighted by molar-refractivity contribution is 0.0555. The van der Waals surface area contributed by atoms with Crippen LogP contribution in [0.4, 0.5) is 16.2 Å². The molecule has 2 atom stereocenters. The van der Waals surface area contributed by atoms with E-state index in [0.717, 1.165) is 31.2 Å². The molecule has 3 heterocycles. The number of fused-ring (bicyclic) bond motifs is 3. The molecule has 62 heavy (non-hydrogen) atoms. The van der Waals surface area contributed by atoms with Gasteiger partial charge < -0.3 is 43.6 Å². The number of unbranched alkanes of at least 4 members (excludes halogenated alkanes) is 2. The van der Waals surface area contributed by atoms with Gasteiger partial charge in [0.25, 0.3) is 11.8 Å². The van der Waals surface area contributed by atoms with Crippen molar-refractivity contribution in [2.75, 3.05) is 64.4 Å². The van der Waals surface area contributed by atoms with Crippen LogP contribution in [-0.2, 0) is 22.1 Å². The molecule has 334 valence electrons. The van der Waals surface area contributed by atoms with Gasteiger partial charge in [-0.3, -0.25) is 14.5 Å². The number of nitrogens with two attached hydrogens (primary N) is 1. The van der Waals surface area contributed by atoms with Gasteiger partial charge in [-0.15, -0.1) is 0 Å². The molecule has 3 amide bonds. The Morgan fingerprint density at radius 3 is 2.24 bits per heavy atom. The number of nitrogens with zero attached hydrogens (tertiary/aromatic N) is 3. The normalized spacial score (nSPS) is 19.0. The third-order valence-electron chi connectivity index (χ3n) is 13.5. The third-order valence-corrected chi connectivity index (χ3v) is 18.0. The van der Waals surface area contributed by atoms with E-state index in [1.54, 1.807) is 43.4 Å². The lowest BCUT2D eigenvalue weighted by Gasteiger charge is -2.41. The van der Waals surface area contributed by atoms with E-state index in [-0.39, 0.29) is 41.0 Å². The van der Waals surface area contributed by atoms with Crippen LogP contribution in [-0.4, -0.2) is 102 Å². The molecule has 0 bridgehead atoms. The average molecular weight is 869 g/mol. The summed E-state index contributed by atoms with van der Waals surface area (Å²) in [4.78, 5) is 47.0. The van der Waals surface area contributed by atoms with E-state index >= 15 is 0 Å². The maximum Gasteiger partial charge on any atom is 0.414 e. The Bertz CT molecular complexity index is 2170. The first kappa shape index (κ1) is 44.8. The van der Waals surface area contributed by atoms with Gasteiger partial charge in [0.15, 0.2) is 31.3 Å². The van der Waals surface area contributed by atoms with Crippen LogP contribution in [0.1, 0.15) is 91.1 Å². The van der Waals surface area contributed by atoms with Crippen molar-refractivity contribution in [1.82, 2.24) is 9.80 Å². The molecule has 2 fully saturated rings. The fourth-order valence-corrected chi connectivity index (χ4v) is 9.64. The van der Waals surface area contributed by atoms with Crippen molar-refractivity contribution in [3.05, 3.63) is 83.4 Å². The van der Waals surface area contributed by atoms with Crippen LogP contribution in [0.15, 0.2) is 61.2 Å². The molecule has 14 heteroatoms. The van der Waals surface area contributed by atoms with Crippen LogP contribution in [0, 0.1) is 5.41 Å². The van der Waals surface area contributed by atoms with Crippen molar-refractivity contribution in [2.24, 2.45) is 5.41 Å². The molecule has 0 aromatic heterocycles. The zero-order valence-corrected chi connectivity index (χ0v) is 38.6. The van der Waals surface area contributed by atoms with E-state index in [4.69, 9.17) is 33.8 Å². The SMILES string of the molecule is C=CCOC(=O)N1C[C@@H]2CC3(CC3)CN2C(=O)c2cc(OC)c(OCCCCCOc3cc(N)c(C(=O)N4Cc5ccccc5C[C@H]4CO[Si](C)(C)C(C)(C)C)cc3OC)cc21. The number of anilines is 2. The molecule has 0 unspecified atom stereocenters. The Balaban J connectivity index is 0.963. The van der Waals surface area contributed by atoms with Gasteiger partial charge in [-0.2, -0.15) is 0 Å². The minimum atomic E-state index is -2.06. The monoisotopic (exact) mass is 868 g/mol. The second-order valence-corrected chi connectivity index (χ2v) is 23.6. The van der Waals surface area contributed by atoms with Crippen molar-refractivity contribution in [3.63, 3.8) is 0 Å². The molecule has 3 aromatic carbocycles. The number of carbonyl (C=O) groups excluding carboxylic acids is 3. The molecule has 1 aliphatic carbocycles. The first-order valence-corrected chi connectivity index (χ1v) is 24.8. The number of methoxy groups -OCH3 is 2. The Kier molecular flexibility index (Phi) is 13.2. The summed E-state index contributed by atoms with van der Waals surface area (Å²) in [5, 5.41) is 0.0426. The first-order chi connectivity index (χ1) is 29.6. The number of benzene rings is 3. The van der Waals surface area contributed by atoms with Gasteiger partial charge in [0.1, 0.15) is 6.61 Å². The summed E-state index contributed by atoms with van der Waals surface area (Å²) in [6.45, 7) is 17.6. The second kappa shape index (κ2) is 18.3. The van der Waals surface area contributed by atoms with Gasteiger partial charge in [-0.25, -0.2) is 4.79 Å². The lowest BCUT2D eigenvalue weighted by Crippen LogP contribution is -2.50. The molecule has 1 saturated carbocycles. The fraction of sp³-hybridized carbons (Fsp3) is 0.521.